The van der Waals surface area contributed by atoms with Gasteiger partial charge in [-0.25, -0.2) is 0 Å². The summed E-state index contributed by atoms with van der Waals surface area (Å²) < 4.78 is 0. The summed E-state index contributed by atoms with van der Waals surface area (Å²) in [4.78, 5) is 7.70. The zero-order valence-corrected chi connectivity index (χ0v) is 13.7. The van der Waals surface area contributed by atoms with Gasteiger partial charge in [0.15, 0.2) is 0 Å². The van der Waals surface area contributed by atoms with Crippen LogP contribution in [0, 0.1) is 0 Å². The van der Waals surface area contributed by atoms with Crippen molar-refractivity contribution in [1.29, 1.82) is 0 Å². The monoisotopic (exact) mass is 282 g/mol. The first-order valence-electron chi connectivity index (χ1n) is 8.61. The molecule has 0 bridgehead atoms. The van der Waals surface area contributed by atoms with Gasteiger partial charge in [-0.1, -0.05) is 50.1 Å². The van der Waals surface area contributed by atoms with E-state index >= 15 is 0 Å². The first kappa shape index (κ1) is 17.5. The number of oxime groups is 1. The average molecular weight is 282 g/mol. The second-order valence-electron chi connectivity index (χ2n) is 6.33. The zero-order valence-electron chi connectivity index (χ0n) is 13.7. The van der Waals surface area contributed by atoms with Crippen molar-refractivity contribution in [3.05, 3.63) is 0 Å². The SMILES string of the molecule is CN(C)CCCON=C1CCCCCCCCCCC1. The van der Waals surface area contributed by atoms with Gasteiger partial charge in [0.1, 0.15) is 6.61 Å². The summed E-state index contributed by atoms with van der Waals surface area (Å²) >= 11 is 0. The Bertz CT molecular complexity index is 237. The molecule has 0 aliphatic heterocycles. The maximum absolute atomic E-state index is 5.51. The molecule has 0 amide bonds. The number of rotatable bonds is 5. The first-order valence-corrected chi connectivity index (χ1v) is 8.61. The topological polar surface area (TPSA) is 24.8 Å². The molecule has 1 aliphatic carbocycles. The lowest BCUT2D eigenvalue weighted by Crippen LogP contribution is -2.14. The number of nitrogens with zero attached hydrogens (tertiary/aromatic N) is 2. The molecule has 1 aliphatic rings. The standard InChI is InChI=1S/C17H34N2O/c1-19(2)15-12-16-20-18-17-13-10-8-6-4-3-5-7-9-11-14-17/h3-16H2,1-2H3. The van der Waals surface area contributed by atoms with Gasteiger partial charge in [0.25, 0.3) is 0 Å². The Morgan fingerprint density at radius 3 is 1.85 bits per heavy atom. The van der Waals surface area contributed by atoms with Crippen molar-refractivity contribution < 1.29 is 4.84 Å². The van der Waals surface area contributed by atoms with Crippen LogP contribution in [-0.2, 0) is 4.84 Å². The van der Waals surface area contributed by atoms with Crippen LogP contribution in [-0.4, -0.2) is 37.9 Å². The van der Waals surface area contributed by atoms with Crippen LogP contribution in [0.1, 0.15) is 77.0 Å². The molecular formula is C17H34N2O. The maximum Gasteiger partial charge on any atom is 0.118 e. The van der Waals surface area contributed by atoms with E-state index in [0.717, 1.165) is 32.4 Å². The average Bonchev–Trinajstić information content (AvgIpc) is 2.40. The molecule has 0 radical (unpaired) electrons. The lowest BCUT2D eigenvalue weighted by atomic mass is 10.00. The Hall–Kier alpha value is -0.570. The van der Waals surface area contributed by atoms with Gasteiger partial charge in [-0.15, -0.1) is 0 Å². The van der Waals surface area contributed by atoms with Crippen LogP contribution in [0.5, 0.6) is 0 Å². The van der Waals surface area contributed by atoms with Crippen LogP contribution in [0.3, 0.4) is 0 Å². The summed E-state index contributed by atoms with van der Waals surface area (Å²) in [6.45, 7) is 1.83. The molecular weight excluding hydrogens is 248 g/mol. The fourth-order valence-electron chi connectivity index (χ4n) is 2.69. The third kappa shape index (κ3) is 10.2. The predicted molar refractivity (Wildman–Crippen MR) is 87.3 cm³/mol. The smallest absolute Gasteiger partial charge is 0.118 e. The predicted octanol–water partition coefficient (Wildman–Crippen LogP) is 4.62. The second-order valence-corrected chi connectivity index (χ2v) is 6.33. The summed E-state index contributed by atoms with van der Waals surface area (Å²) in [6, 6.07) is 0. The highest BCUT2D eigenvalue weighted by molar-refractivity contribution is 5.83. The third-order valence-electron chi connectivity index (χ3n) is 3.97. The van der Waals surface area contributed by atoms with Crippen LogP contribution < -0.4 is 0 Å². The lowest BCUT2D eigenvalue weighted by molar-refractivity contribution is 0.133. The molecule has 0 aromatic heterocycles. The second kappa shape index (κ2) is 12.2. The normalized spacial score (nSPS) is 19.2. The van der Waals surface area contributed by atoms with E-state index in [1.54, 1.807) is 0 Å². The van der Waals surface area contributed by atoms with Gasteiger partial charge in [0.05, 0.1) is 5.71 Å². The molecule has 20 heavy (non-hydrogen) atoms. The van der Waals surface area contributed by atoms with Gasteiger partial charge in [-0.3, -0.25) is 0 Å². The van der Waals surface area contributed by atoms with Crippen LogP contribution in [0.25, 0.3) is 0 Å². The highest BCUT2D eigenvalue weighted by Crippen LogP contribution is 2.15. The van der Waals surface area contributed by atoms with Gasteiger partial charge < -0.3 is 9.74 Å². The Morgan fingerprint density at radius 1 is 0.850 bits per heavy atom. The van der Waals surface area contributed by atoms with Crippen LogP contribution in [0.15, 0.2) is 5.16 Å². The highest BCUT2D eigenvalue weighted by Gasteiger charge is 2.03. The lowest BCUT2D eigenvalue weighted by Gasteiger charge is -2.10. The summed E-state index contributed by atoms with van der Waals surface area (Å²) in [5.74, 6) is 0. The van der Waals surface area contributed by atoms with E-state index in [1.807, 2.05) is 0 Å². The van der Waals surface area contributed by atoms with E-state index in [-0.39, 0.29) is 0 Å². The van der Waals surface area contributed by atoms with E-state index in [9.17, 15) is 0 Å². The molecule has 3 nitrogen and oxygen atoms in total. The van der Waals surface area contributed by atoms with Crippen LogP contribution in [0.4, 0.5) is 0 Å². The first-order chi connectivity index (χ1) is 9.79. The molecule has 0 aromatic carbocycles. The van der Waals surface area contributed by atoms with Crippen molar-refractivity contribution in [2.24, 2.45) is 5.16 Å². The van der Waals surface area contributed by atoms with E-state index in [0.29, 0.717) is 0 Å². The fourth-order valence-corrected chi connectivity index (χ4v) is 2.69. The minimum Gasteiger partial charge on any atom is -0.396 e. The molecule has 1 rings (SSSR count). The molecule has 0 unspecified atom stereocenters. The molecule has 3 heteroatoms. The minimum absolute atomic E-state index is 0.752. The van der Waals surface area contributed by atoms with E-state index in [1.165, 1.54) is 63.5 Å². The summed E-state index contributed by atoms with van der Waals surface area (Å²) in [6.07, 6.45) is 15.7. The summed E-state index contributed by atoms with van der Waals surface area (Å²) in [5, 5.41) is 4.41. The van der Waals surface area contributed by atoms with E-state index in [2.05, 4.69) is 24.2 Å². The minimum atomic E-state index is 0.752. The fraction of sp³-hybridized carbons (Fsp3) is 0.941. The Kier molecular flexibility index (Phi) is 10.7. The van der Waals surface area contributed by atoms with Crippen molar-refractivity contribution in [1.82, 2.24) is 4.90 Å². The Balaban J connectivity index is 2.23. The molecule has 1 fully saturated rings. The van der Waals surface area contributed by atoms with Gasteiger partial charge in [0.2, 0.25) is 0 Å². The zero-order chi connectivity index (χ0) is 14.5. The van der Waals surface area contributed by atoms with Crippen molar-refractivity contribution in [2.45, 2.75) is 77.0 Å². The maximum atomic E-state index is 5.51. The summed E-state index contributed by atoms with van der Waals surface area (Å²) in [7, 11) is 4.19. The van der Waals surface area contributed by atoms with Crippen molar-refractivity contribution in [2.75, 3.05) is 27.2 Å². The Morgan fingerprint density at radius 2 is 1.35 bits per heavy atom. The van der Waals surface area contributed by atoms with Crippen LogP contribution >= 0.6 is 0 Å². The van der Waals surface area contributed by atoms with Gasteiger partial charge in [0, 0.05) is 6.54 Å². The summed E-state index contributed by atoms with van der Waals surface area (Å²) in [5.41, 5.74) is 1.30. The molecule has 0 N–H and O–H groups in total. The molecule has 0 spiro atoms. The molecule has 0 atom stereocenters. The molecule has 1 saturated carbocycles. The largest absolute Gasteiger partial charge is 0.396 e. The molecule has 0 saturated heterocycles. The number of hydrogen-bond acceptors (Lipinski definition) is 3. The van der Waals surface area contributed by atoms with Gasteiger partial charge in [-0.2, -0.15) is 0 Å². The van der Waals surface area contributed by atoms with Gasteiger partial charge in [-0.05, 0) is 46.2 Å². The molecule has 118 valence electrons. The van der Waals surface area contributed by atoms with E-state index in [4.69, 9.17) is 4.84 Å². The molecule has 0 heterocycles. The van der Waals surface area contributed by atoms with Gasteiger partial charge >= 0.3 is 0 Å². The third-order valence-corrected chi connectivity index (χ3v) is 3.97. The molecule has 0 aromatic rings. The van der Waals surface area contributed by atoms with Crippen molar-refractivity contribution in [3.8, 4) is 0 Å². The van der Waals surface area contributed by atoms with Crippen molar-refractivity contribution in [3.63, 3.8) is 0 Å². The van der Waals surface area contributed by atoms with Crippen LogP contribution in [0.2, 0.25) is 0 Å². The van der Waals surface area contributed by atoms with E-state index < -0.39 is 0 Å². The van der Waals surface area contributed by atoms with Crippen molar-refractivity contribution >= 4 is 5.71 Å². The number of hydrogen-bond donors (Lipinski definition) is 0. The highest BCUT2D eigenvalue weighted by atomic mass is 16.6. The Labute approximate surface area is 125 Å². The quantitative estimate of drug-likeness (QED) is 0.543.